The van der Waals surface area contributed by atoms with Gasteiger partial charge >= 0.3 is 0 Å². The van der Waals surface area contributed by atoms with Crippen LogP contribution in [0.25, 0.3) is 0 Å². The highest BCUT2D eigenvalue weighted by Crippen LogP contribution is 2.13. The maximum atomic E-state index is 11.6. The summed E-state index contributed by atoms with van der Waals surface area (Å²) in [6.45, 7) is 3.70. The van der Waals surface area contributed by atoms with Crippen LogP contribution in [0.1, 0.15) is 6.42 Å². The Kier molecular flexibility index (Phi) is 4.78. The summed E-state index contributed by atoms with van der Waals surface area (Å²) in [5, 5.41) is 3.35. The van der Waals surface area contributed by atoms with Gasteiger partial charge in [0.05, 0.1) is 18.9 Å². The molecule has 0 amide bonds. The van der Waals surface area contributed by atoms with Gasteiger partial charge in [0.25, 0.3) is 5.56 Å². The number of pyridine rings is 1. The summed E-state index contributed by atoms with van der Waals surface area (Å²) >= 11 is 0. The Balaban J connectivity index is 1.93. The quantitative estimate of drug-likeness (QED) is 0.819. The van der Waals surface area contributed by atoms with E-state index in [9.17, 15) is 4.79 Å². The molecule has 1 aliphatic heterocycles. The third-order valence-corrected chi connectivity index (χ3v) is 3.14. The number of hydrogen-bond acceptors (Lipinski definition) is 4. The third kappa shape index (κ3) is 3.58. The van der Waals surface area contributed by atoms with Crippen LogP contribution in [0.4, 0.5) is 5.69 Å². The van der Waals surface area contributed by atoms with Crippen LogP contribution in [0.3, 0.4) is 0 Å². The summed E-state index contributed by atoms with van der Waals surface area (Å²) in [5.74, 6) is 0.573. The molecule has 1 aliphatic rings. The lowest BCUT2D eigenvalue weighted by Gasteiger charge is -2.12. The minimum absolute atomic E-state index is 0.00167. The lowest BCUT2D eigenvalue weighted by atomic mass is 10.1. The molecule has 2 rings (SSSR count). The van der Waals surface area contributed by atoms with E-state index in [-0.39, 0.29) is 5.56 Å². The van der Waals surface area contributed by atoms with E-state index >= 15 is 0 Å². The first-order chi connectivity index (χ1) is 8.79. The largest absolute Gasteiger partial charge is 0.383 e. The van der Waals surface area contributed by atoms with Gasteiger partial charge in [-0.05, 0) is 12.5 Å². The van der Waals surface area contributed by atoms with Crippen molar-refractivity contribution in [2.24, 2.45) is 5.92 Å². The molecule has 0 aromatic carbocycles. The Hall–Kier alpha value is -1.33. The number of nitrogens with one attached hydrogen (secondary N) is 1. The fourth-order valence-electron chi connectivity index (χ4n) is 2.01. The van der Waals surface area contributed by atoms with E-state index in [0.29, 0.717) is 19.1 Å². The lowest BCUT2D eigenvalue weighted by Crippen LogP contribution is -2.22. The average Bonchev–Trinajstić information content (AvgIpc) is 2.89. The zero-order valence-electron chi connectivity index (χ0n) is 10.7. The molecule has 0 radical (unpaired) electrons. The molecular formula is C13H20N2O3. The van der Waals surface area contributed by atoms with E-state index in [2.05, 4.69) is 5.32 Å². The first-order valence-corrected chi connectivity index (χ1v) is 6.30. The number of methoxy groups -OCH3 is 1. The normalized spacial score (nSPS) is 19.1. The molecule has 1 aromatic rings. The van der Waals surface area contributed by atoms with Gasteiger partial charge in [0.1, 0.15) is 0 Å². The fourth-order valence-corrected chi connectivity index (χ4v) is 2.01. The molecule has 5 heteroatoms. The summed E-state index contributed by atoms with van der Waals surface area (Å²) in [4.78, 5) is 11.6. The van der Waals surface area contributed by atoms with Crippen molar-refractivity contribution < 1.29 is 9.47 Å². The molecule has 1 aromatic heterocycles. The number of hydrogen-bond donors (Lipinski definition) is 1. The molecule has 1 fully saturated rings. The Labute approximate surface area is 107 Å². The predicted octanol–water partition coefficient (Wildman–Crippen LogP) is 0.943. The molecule has 0 spiro atoms. The molecule has 1 unspecified atom stereocenters. The number of aromatic nitrogens is 1. The molecule has 1 saturated heterocycles. The smallest absolute Gasteiger partial charge is 0.250 e. The third-order valence-electron chi connectivity index (χ3n) is 3.14. The van der Waals surface area contributed by atoms with E-state index in [1.807, 2.05) is 12.3 Å². The second-order valence-corrected chi connectivity index (χ2v) is 4.55. The molecule has 1 N–H and O–H groups in total. The van der Waals surface area contributed by atoms with Crippen LogP contribution in [-0.4, -0.2) is 38.0 Å². The van der Waals surface area contributed by atoms with Gasteiger partial charge in [-0.15, -0.1) is 0 Å². The maximum Gasteiger partial charge on any atom is 0.250 e. The summed E-state index contributed by atoms with van der Waals surface area (Å²) < 4.78 is 12.0. The Morgan fingerprint density at radius 3 is 3.17 bits per heavy atom. The van der Waals surface area contributed by atoms with Crippen molar-refractivity contribution in [1.82, 2.24) is 4.57 Å². The number of ether oxygens (including phenoxy) is 2. The standard InChI is InChI=1S/C13H20N2O3/c1-17-7-5-15-9-12(2-3-13(15)16)14-8-11-4-6-18-10-11/h2-3,9,11,14H,4-8,10H2,1H3. The van der Waals surface area contributed by atoms with Crippen molar-refractivity contribution in [1.29, 1.82) is 0 Å². The van der Waals surface area contributed by atoms with Crippen LogP contribution in [0, 0.1) is 5.92 Å². The SMILES string of the molecule is COCCn1cc(NCC2CCOC2)ccc1=O. The Bertz CT molecular complexity index is 424. The zero-order chi connectivity index (χ0) is 12.8. The topological polar surface area (TPSA) is 52.5 Å². The molecule has 2 heterocycles. The highest BCUT2D eigenvalue weighted by molar-refractivity contribution is 5.40. The average molecular weight is 252 g/mol. The van der Waals surface area contributed by atoms with Crippen LogP contribution in [0.5, 0.6) is 0 Å². The van der Waals surface area contributed by atoms with Crippen LogP contribution in [0.2, 0.25) is 0 Å². The maximum absolute atomic E-state index is 11.6. The first kappa shape index (κ1) is 13.1. The van der Waals surface area contributed by atoms with Crippen molar-refractivity contribution >= 4 is 5.69 Å². The van der Waals surface area contributed by atoms with E-state index in [1.54, 1.807) is 17.7 Å². The van der Waals surface area contributed by atoms with Crippen LogP contribution < -0.4 is 10.9 Å². The highest BCUT2D eigenvalue weighted by Gasteiger charge is 2.14. The molecule has 0 saturated carbocycles. The molecule has 100 valence electrons. The fraction of sp³-hybridized carbons (Fsp3) is 0.615. The number of rotatable bonds is 6. The van der Waals surface area contributed by atoms with Gasteiger partial charge in [0.2, 0.25) is 0 Å². The highest BCUT2D eigenvalue weighted by atomic mass is 16.5. The van der Waals surface area contributed by atoms with E-state index in [1.165, 1.54) is 0 Å². The van der Waals surface area contributed by atoms with Gasteiger partial charge in [-0.3, -0.25) is 4.79 Å². The molecule has 5 nitrogen and oxygen atoms in total. The van der Waals surface area contributed by atoms with Gasteiger partial charge in [-0.25, -0.2) is 0 Å². The van der Waals surface area contributed by atoms with Crippen molar-refractivity contribution in [3.05, 3.63) is 28.7 Å². The first-order valence-electron chi connectivity index (χ1n) is 6.30. The van der Waals surface area contributed by atoms with Crippen molar-refractivity contribution in [2.75, 3.05) is 38.8 Å². The van der Waals surface area contributed by atoms with Gasteiger partial charge in [0.15, 0.2) is 0 Å². The van der Waals surface area contributed by atoms with E-state index in [4.69, 9.17) is 9.47 Å². The number of nitrogens with zero attached hydrogens (tertiary/aromatic N) is 1. The molecule has 1 atom stereocenters. The van der Waals surface area contributed by atoms with Crippen LogP contribution >= 0.6 is 0 Å². The van der Waals surface area contributed by atoms with Gasteiger partial charge in [-0.1, -0.05) is 0 Å². The van der Waals surface area contributed by atoms with Crippen molar-refractivity contribution in [3.63, 3.8) is 0 Å². The summed E-state index contributed by atoms with van der Waals surface area (Å²) in [6.07, 6.45) is 2.95. The molecular weight excluding hydrogens is 232 g/mol. The number of anilines is 1. The minimum atomic E-state index is 0.00167. The summed E-state index contributed by atoms with van der Waals surface area (Å²) in [6, 6.07) is 3.41. The van der Waals surface area contributed by atoms with Crippen molar-refractivity contribution in [2.45, 2.75) is 13.0 Å². The van der Waals surface area contributed by atoms with E-state index < -0.39 is 0 Å². The predicted molar refractivity (Wildman–Crippen MR) is 70.0 cm³/mol. The Morgan fingerprint density at radius 1 is 1.56 bits per heavy atom. The Morgan fingerprint density at radius 2 is 2.44 bits per heavy atom. The van der Waals surface area contributed by atoms with Crippen molar-refractivity contribution in [3.8, 4) is 0 Å². The van der Waals surface area contributed by atoms with E-state index in [0.717, 1.165) is 31.9 Å². The molecule has 18 heavy (non-hydrogen) atoms. The monoisotopic (exact) mass is 252 g/mol. The lowest BCUT2D eigenvalue weighted by molar-refractivity contribution is 0.186. The molecule has 0 aliphatic carbocycles. The van der Waals surface area contributed by atoms with Gasteiger partial charge < -0.3 is 19.4 Å². The second kappa shape index (κ2) is 6.56. The summed E-state index contributed by atoms with van der Waals surface area (Å²) in [5.41, 5.74) is 0.972. The molecule has 0 bridgehead atoms. The van der Waals surface area contributed by atoms with Crippen LogP contribution in [-0.2, 0) is 16.0 Å². The van der Waals surface area contributed by atoms with Crippen LogP contribution in [0.15, 0.2) is 23.1 Å². The summed E-state index contributed by atoms with van der Waals surface area (Å²) in [7, 11) is 1.63. The zero-order valence-corrected chi connectivity index (χ0v) is 10.7. The van der Waals surface area contributed by atoms with Gasteiger partial charge in [0, 0.05) is 45.0 Å². The second-order valence-electron chi connectivity index (χ2n) is 4.55. The van der Waals surface area contributed by atoms with Gasteiger partial charge in [-0.2, -0.15) is 0 Å². The minimum Gasteiger partial charge on any atom is -0.383 e.